The summed E-state index contributed by atoms with van der Waals surface area (Å²) in [5, 5.41) is 4.39. The van der Waals surface area contributed by atoms with Gasteiger partial charge in [0, 0.05) is 10.9 Å². The minimum absolute atomic E-state index is 0.0336. The van der Waals surface area contributed by atoms with Gasteiger partial charge in [-0.05, 0) is 34.6 Å². The summed E-state index contributed by atoms with van der Waals surface area (Å²) >= 11 is 0. The van der Waals surface area contributed by atoms with Gasteiger partial charge in [0.2, 0.25) is 0 Å². The second kappa shape index (κ2) is 5.84. The van der Waals surface area contributed by atoms with E-state index in [4.69, 9.17) is 0 Å². The Hall–Kier alpha value is -2.41. The Morgan fingerprint density at radius 3 is 2.56 bits per heavy atom. The van der Waals surface area contributed by atoms with Crippen LogP contribution in [0.15, 0.2) is 40.5 Å². The molecule has 3 rings (SSSR count). The average Bonchev–Trinajstić information content (AvgIpc) is 2.83. The zero-order chi connectivity index (χ0) is 18.4. The van der Waals surface area contributed by atoms with E-state index in [-0.39, 0.29) is 16.7 Å². The van der Waals surface area contributed by atoms with Gasteiger partial charge in [0.15, 0.2) is 9.84 Å². The summed E-state index contributed by atoms with van der Waals surface area (Å²) in [4.78, 5) is 27.4. The number of aromatic amines is 1. The lowest BCUT2D eigenvalue weighted by Gasteiger charge is -2.19. The summed E-state index contributed by atoms with van der Waals surface area (Å²) in [6, 6.07) is 6.65. The van der Waals surface area contributed by atoms with Crippen LogP contribution in [0.5, 0.6) is 0 Å². The van der Waals surface area contributed by atoms with Gasteiger partial charge in [-0.1, -0.05) is 32.9 Å². The summed E-state index contributed by atoms with van der Waals surface area (Å²) < 4.78 is 22.8. The van der Waals surface area contributed by atoms with E-state index in [1.165, 1.54) is 12.1 Å². The Balaban J connectivity index is 1.92. The Morgan fingerprint density at radius 2 is 1.96 bits per heavy atom. The van der Waals surface area contributed by atoms with E-state index >= 15 is 0 Å². The highest BCUT2D eigenvalue weighted by atomic mass is 32.2. The summed E-state index contributed by atoms with van der Waals surface area (Å²) in [5.74, 6) is -0.770. The number of aromatic nitrogens is 1. The predicted octanol–water partition coefficient (Wildman–Crippen LogP) is 1.87. The van der Waals surface area contributed by atoms with Crippen molar-refractivity contribution in [2.75, 3.05) is 5.75 Å². The SMILES string of the molecule is CC(C)(C)c1ccc2cc(C(=O)NC3C=CS(=O)(=O)C3)c(=O)[nH]c2c1. The molecule has 25 heavy (non-hydrogen) atoms. The van der Waals surface area contributed by atoms with Crippen molar-refractivity contribution in [3.05, 3.63) is 57.2 Å². The van der Waals surface area contributed by atoms with Gasteiger partial charge in [0.25, 0.3) is 11.5 Å². The molecular formula is C18H20N2O4S. The molecule has 2 aromatic rings. The number of rotatable bonds is 2. The summed E-state index contributed by atoms with van der Waals surface area (Å²) in [5.41, 5.74) is 1.16. The van der Waals surface area contributed by atoms with Crippen LogP contribution in [0.4, 0.5) is 0 Å². The molecule has 0 aliphatic carbocycles. The molecule has 1 amide bonds. The Morgan fingerprint density at radius 1 is 1.24 bits per heavy atom. The topological polar surface area (TPSA) is 96.1 Å². The standard InChI is InChI=1S/C18H20N2O4S/c1-18(2,3)12-5-4-11-8-14(17(22)20-15(11)9-12)16(21)19-13-6-7-25(23,24)10-13/h4-9,13H,10H2,1-3H3,(H,19,21)(H,20,22). The summed E-state index contributed by atoms with van der Waals surface area (Å²) in [6.07, 6.45) is 1.41. The molecule has 1 aliphatic heterocycles. The first kappa shape index (κ1) is 17.4. The molecule has 132 valence electrons. The Labute approximate surface area is 145 Å². The fraction of sp³-hybridized carbons (Fsp3) is 0.333. The van der Waals surface area contributed by atoms with Crippen LogP contribution >= 0.6 is 0 Å². The highest BCUT2D eigenvalue weighted by Crippen LogP contribution is 2.25. The molecule has 0 spiro atoms. The number of amides is 1. The van der Waals surface area contributed by atoms with Crippen LogP contribution in [-0.4, -0.2) is 31.1 Å². The van der Waals surface area contributed by atoms with E-state index in [0.717, 1.165) is 16.4 Å². The monoisotopic (exact) mass is 360 g/mol. The third kappa shape index (κ3) is 3.66. The van der Waals surface area contributed by atoms with Crippen molar-refractivity contribution in [1.82, 2.24) is 10.3 Å². The minimum atomic E-state index is -3.27. The number of carbonyl (C=O) groups is 1. The second-order valence-corrected chi connectivity index (χ2v) is 9.23. The van der Waals surface area contributed by atoms with Crippen LogP contribution in [-0.2, 0) is 15.3 Å². The molecule has 0 fully saturated rings. The quantitative estimate of drug-likeness (QED) is 0.854. The van der Waals surface area contributed by atoms with Crippen LogP contribution < -0.4 is 10.9 Å². The molecule has 1 atom stereocenters. The first-order valence-electron chi connectivity index (χ1n) is 7.94. The van der Waals surface area contributed by atoms with Gasteiger partial charge in [0.05, 0.1) is 11.8 Å². The molecule has 0 bridgehead atoms. The maximum atomic E-state index is 12.3. The highest BCUT2D eigenvalue weighted by molar-refractivity contribution is 7.94. The molecule has 1 unspecified atom stereocenters. The van der Waals surface area contributed by atoms with Crippen LogP contribution in [0.3, 0.4) is 0 Å². The van der Waals surface area contributed by atoms with Crippen molar-refractivity contribution in [3.8, 4) is 0 Å². The fourth-order valence-electron chi connectivity index (χ4n) is 2.75. The molecule has 0 radical (unpaired) electrons. The van der Waals surface area contributed by atoms with Crippen molar-refractivity contribution in [3.63, 3.8) is 0 Å². The Bertz CT molecular complexity index is 1040. The molecule has 1 aromatic carbocycles. The van der Waals surface area contributed by atoms with Crippen LogP contribution in [0.25, 0.3) is 10.9 Å². The van der Waals surface area contributed by atoms with Gasteiger partial charge in [0.1, 0.15) is 5.56 Å². The average molecular weight is 360 g/mol. The van der Waals surface area contributed by atoms with Gasteiger partial charge in [-0.15, -0.1) is 0 Å². The van der Waals surface area contributed by atoms with E-state index in [0.29, 0.717) is 5.52 Å². The van der Waals surface area contributed by atoms with Crippen molar-refractivity contribution in [2.45, 2.75) is 32.2 Å². The lowest BCUT2D eigenvalue weighted by molar-refractivity contribution is 0.0946. The number of sulfone groups is 1. The summed E-state index contributed by atoms with van der Waals surface area (Å²) in [7, 11) is -3.27. The van der Waals surface area contributed by atoms with Gasteiger partial charge in [-0.25, -0.2) is 8.42 Å². The molecule has 6 nitrogen and oxygen atoms in total. The number of hydrogen-bond donors (Lipinski definition) is 2. The zero-order valence-corrected chi connectivity index (χ0v) is 15.1. The number of pyridine rings is 1. The second-order valence-electron chi connectivity index (χ2n) is 7.30. The Kier molecular flexibility index (Phi) is 4.07. The number of carbonyl (C=O) groups excluding carboxylic acids is 1. The first-order valence-corrected chi connectivity index (χ1v) is 9.66. The number of nitrogens with one attached hydrogen (secondary N) is 2. The van der Waals surface area contributed by atoms with Crippen LogP contribution in [0.1, 0.15) is 36.7 Å². The molecule has 2 N–H and O–H groups in total. The van der Waals surface area contributed by atoms with E-state index in [1.807, 2.05) is 18.2 Å². The van der Waals surface area contributed by atoms with Crippen molar-refractivity contribution in [2.24, 2.45) is 0 Å². The normalized spacial score (nSPS) is 19.2. The maximum absolute atomic E-state index is 12.3. The van der Waals surface area contributed by atoms with Gasteiger partial charge < -0.3 is 10.3 Å². The third-order valence-electron chi connectivity index (χ3n) is 4.20. The van der Waals surface area contributed by atoms with E-state index in [1.54, 1.807) is 0 Å². The fourth-order valence-corrected chi connectivity index (χ4v) is 3.98. The number of fused-ring (bicyclic) bond motifs is 1. The molecule has 2 heterocycles. The molecule has 1 aromatic heterocycles. The zero-order valence-electron chi connectivity index (χ0n) is 14.3. The first-order chi connectivity index (χ1) is 11.5. The lowest BCUT2D eigenvalue weighted by Crippen LogP contribution is -2.38. The van der Waals surface area contributed by atoms with Gasteiger partial charge in [-0.3, -0.25) is 9.59 Å². The molecule has 1 aliphatic rings. The summed E-state index contributed by atoms with van der Waals surface area (Å²) in [6.45, 7) is 6.24. The van der Waals surface area contributed by atoms with Crippen LogP contribution in [0.2, 0.25) is 0 Å². The smallest absolute Gasteiger partial charge is 0.261 e. The van der Waals surface area contributed by atoms with Gasteiger partial charge >= 0.3 is 0 Å². The predicted molar refractivity (Wildman–Crippen MR) is 97.4 cm³/mol. The van der Waals surface area contributed by atoms with E-state index < -0.39 is 27.3 Å². The minimum Gasteiger partial charge on any atom is -0.345 e. The maximum Gasteiger partial charge on any atom is 0.261 e. The van der Waals surface area contributed by atoms with Crippen LogP contribution in [0, 0.1) is 0 Å². The van der Waals surface area contributed by atoms with E-state index in [2.05, 4.69) is 31.1 Å². The van der Waals surface area contributed by atoms with Gasteiger partial charge in [-0.2, -0.15) is 0 Å². The number of H-pyrrole nitrogens is 1. The number of hydrogen-bond acceptors (Lipinski definition) is 4. The third-order valence-corrected chi connectivity index (χ3v) is 5.60. The molecule has 7 heteroatoms. The highest BCUT2D eigenvalue weighted by Gasteiger charge is 2.24. The molecule has 0 saturated carbocycles. The number of benzene rings is 1. The van der Waals surface area contributed by atoms with Crippen molar-refractivity contribution >= 4 is 26.6 Å². The molecular weight excluding hydrogens is 340 g/mol. The van der Waals surface area contributed by atoms with Crippen molar-refractivity contribution < 1.29 is 13.2 Å². The van der Waals surface area contributed by atoms with Crippen molar-refractivity contribution in [1.29, 1.82) is 0 Å². The largest absolute Gasteiger partial charge is 0.345 e. The lowest BCUT2D eigenvalue weighted by atomic mass is 9.86. The molecule has 0 saturated heterocycles. The van der Waals surface area contributed by atoms with E-state index in [9.17, 15) is 18.0 Å².